The first-order valence-electron chi connectivity index (χ1n) is 7.50. The molecule has 1 amide bonds. The molecule has 0 unspecified atom stereocenters. The van der Waals surface area contributed by atoms with Crippen molar-refractivity contribution in [2.45, 2.75) is 18.9 Å². The van der Waals surface area contributed by atoms with Crippen LogP contribution in [0.2, 0.25) is 0 Å². The maximum Gasteiger partial charge on any atom is 0.264 e. The smallest absolute Gasteiger partial charge is 0.264 e. The van der Waals surface area contributed by atoms with Crippen LogP contribution in [0, 0.1) is 0 Å². The molecule has 1 atom stereocenters. The summed E-state index contributed by atoms with van der Waals surface area (Å²) in [5.41, 5.74) is 1.13. The Morgan fingerprint density at radius 1 is 1.36 bits per heavy atom. The van der Waals surface area contributed by atoms with Gasteiger partial charge in [-0.15, -0.1) is 11.3 Å². The number of hydrogen-bond acceptors (Lipinski definition) is 3. The van der Waals surface area contributed by atoms with E-state index < -0.39 is 0 Å². The zero-order valence-electron chi connectivity index (χ0n) is 12.4. The van der Waals surface area contributed by atoms with Gasteiger partial charge in [0.1, 0.15) is 0 Å². The monoisotopic (exact) mass is 311 g/mol. The van der Waals surface area contributed by atoms with E-state index in [0.717, 1.165) is 35.2 Å². The first kappa shape index (κ1) is 13.5. The third kappa shape index (κ3) is 2.22. The van der Waals surface area contributed by atoms with E-state index in [1.807, 2.05) is 42.5 Å². The molecule has 1 aliphatic heterocycles. The first-order valence-corrected chi connectivity index (χ1v) is 8.32. The Morgan fingerprint density at radius 2 is 2.23 bits per heavy atom. The van der Waals surface area contributed by atoms with Crippen molar-refractivity contribution in [1.82, 2.24) is 14.7 Å². The number of hydrogen-bond donors (Lipinski definition) is 0. The van der Waals surface area contributed by atoms with E-state index in [2.05, 4.69) is 17.2 Å². The van der Waals surface area contributed by atoms with Crippen LogP contribution in [0.25, 0.3) is 10.1 Å². The standard InChI is InChI=1S/C17H17N3OS/c1-19-11-13(10-18-19)14-6-4-8-20(14)17(21)16-9-12-5-2-3-7-15(12)22-16/h2-3,5,7,9-11,14H,4,6,8H2,1H3/t14-/m1/s1. The lowest BCUT2D eigenvalue weighted by molar-refractivity contribution is 0.0740. The number of aromatic nitrogens is 2. The molecule has 0 N–H and O–H groups in total. The molecule has 5 heteroatoms. The number of amides is 1. The first-order chi connectivity index (χ1) is 10.7. The second-order valence-corrected chi connectivity index (χ2v) is 6.84. The Kier molecular flexibility index (Phi) is 3.22. The van der Waals surface area contributed by atoms with Gasteiger partial charge in [-0.1, -0.05) is 18.2 Å². The van der Waals surface area contributed by atoms with Crippen molar-refractivity contribution < 1.29 is 4.79 Å². The van der Waals surface area contributed by atoms with Gasteiger partial charge in [-0.05, 0) is 30.4 Å². The van der Waals surface area contributed by atoms with E-state index in [1.54, 1.807) is 16.0 Å². The number of carbonyl (C=O) groups is 1. The molecule has 0 bridgehead atoms. The second-order valence-electron chi connectivity index (χ2n) is 5.75. The van der Waals surface area contributed by atoms with Gasteiger partial charge < -0.3 is 4.90 Å². The van der Waals surface area contributed by atoms with Gasteiger partial charge in [0.15, 0.2) is 0 Å². The Labute approximate surface area is 133 Å². The third-order valence-electron chi connectivity index (χ3n) is 4.26. The molecule has 1 aromatic carbocycles. The molecular weight excluding hydrogens is 294 g/mol. The largest absolute Gasteiger partial charge is 0.331 e. The Balaban J connectivity index is 1.66. The lowest BCUT2D eigenvalue weighted by atomic mass is 10.1. The maximum atomic E-state index is 12.9. The summed E-state index contributed by atoms with van der Waals surface area (Å²) in [6.45, 7) is 0.826. The molecule has 0 aliphatic carbocycles. The minimum absolute atomic E-state index is 0.146. The zero-order chi connectivity index (χ0) is 15.1. The molecule has 0 spiro atoms. The minimum Gasteiger partial charge on any atom is -0.331 e. The lowest BCUT2D eigenvalue weighted by Crippen LogP contribution is -2.29. The predicted molar refractivity (Wildman–Crippen MR) is 88.0 cm³/mol. The van der Waals surface area contributed by atoms with Crippen LogP contribution in [0.4, 0.5) is 0 Å². The van der Waals surface area contributed by atoms with Gasteiger partial charge in [0.05, 0.1) is 17.1 Å². The van der Waals surface area contributed by atoms with Crippen molar-refractivity contribution in [2.75, 3.05) is 6.54 Å². The molecule has 4 rings (SSSR count). The van der Waals surface area contributed by atoms with Crippen LogP contribution >= 0.6 is 11.3 Å². The molecule has 1 fully saturated rings. The van der Waals surface area contributed by atoms with Gasteiger partial charge in [0.2, 0.25) is 0 Å². The molecule has 1 saturated heterocycles. The lowest BCUT2D eigenvalue weighted by Gasteiger charge is -2.23. The number of fused-ring (bicyclic) bond motifs is 1. The summed E-state index contributed by atoms with van der Waals surface area (Å²) in [7, 11) is 1.91. The van der Waals surface area contributed by atoms with Gasteiger partial charge >= 0.3 is 0 Å². The number of thiophene rings is 1. The highest BCUT2D eigenvalue weighted by Gasteiger charge is 2.32. The Hall–Kier alpha value is -2.14. The fraction of sp³-hybridized carbons (Fsp3) is 0.294. The van der Waals surface area contributed by atoms with Gasteiger partial charge in [0.25, 0.3) is 5.91 Å². The summed E-state index contributed by atoms with van der Waals surface area (Å²) in [4.78, 5) is 15.7. The highest BCUT2D eigenvalue weighted by atomic mass is 32.1. The number of likely N-dealkylation sites (tertiary alicyclic amines) is 1. The number of aryl methyl sites for hydroxylation is 1. The fourth-order valence-electron chi connectivity index (χ4n) is 3.20. The average molecular weight is 311 g/mol. The van der Waals surface area contributed by atoms with Gasteiger partial charge in [0, 0.05) is 30.1 Å². The molecule has 3 heterocycles. The quantitative estimate of drug-likeness (QED) is 0.725. The van der Waals surface area contributed by atoms with Crippen LogP contribution in [-0.2, 0) is 7.05 Å². The molecule has 22 heavy (non-hydrogen) atoms. The summed E-state index contributed by atoms with van der Waals surface area (Å²) in [6, 6.07) is 10.3. The van der Waals surface area contributed by atoms with Crippen LogP contribution in [0.1, 0.15) is 34.1 Å². The summed E-state index contributed by atoms with van der Waals surface area (Å²) >= 11 is 1.58. The number of nitrogens with zero attached hydrogens (tertiary/aromatic N) is 3. The summed E-state index contributed by atoms with van der Waals surface area (Å²) < 4.78 is 2.97. The Bertz CT molecular complexity index is 802. The fourth-order valence-corrected chi connectivity index (χ4v) is 4.22. The van der Waals surface area contributed by atoms with E-state index in [-0.39, 0.29) is 11.9 Å². The second kappa shape index (κ2) is 5.25. The average Bonchev–Trinajstić information content (AvgIpc) is 3.24. The van der Waals surface area contributed by atoms with Gasteiger partial charge in [-0.2, -0.15) is 5.10 Å². The molecule has 112 valence electrons. The number of benzene rings is 1. The van der Waals surface area contributed by atoms with Crippen molar-refractivity contribution in [3.8, 4) is 0 Å². The maximum absolute atomic E-state index is 12.9. The Morgan fingerprint density at radius 3 is 3.00 bits per heavy atom. The summed E-state index contributed by atoms with van der Waals surface area (Å²) in [5, 5.41) is 5.39. The van der Waals surface area contributed by atoms with E-state index >= 15 is 0 Å². The topological polar surface area (TPSA) is 38.1 Å². The van der Waals surface area contributed by atoms with Crippen LogP contribution in [-0.4, -0.2) is 27.1 Å². The molecule has 3 aromatic rings. The molecule has 0 saturated carbocycles. The van der Waals surface area contributed by atoms with Crippen LogP contribution in [0.5, 0.6) is 0 Å². The van der Waals surface area contributed by atoms with E-state index in [9.17, 15) is 4.79 Å². The van der Waals surface area contributed by atoms with Crippen LogP contribution in [0.3, 0.4) is 0 Å². The zero-order valence-corrected chi connectivity index (χ0v) is 13.2. The molecule has 1 aliphatic rings. The van der Waals surface area contributed by atoms with Crippen molar-refractivity contribution in [3.63, 3.8) is 0 Å². The number of rotatable bonds is 2. The minimum atomic E-state index is 0.146. The van der Waals surface area contributed by atoms with Crippen LogP contribution in [0.15, 0.2) is 42.7 Å². The molecule has 0 radical (unpaired) electrons. The van der Waals surface area contributed by atoms with Crippen molar-refractivity contribution >= 4 is 27.3 Å². The molecular formula is C17H17N3OS. The van der Waals surface area contributed by atoms with E-state index in [4.69, 9.17) is 0 Å². The summed E-state index contributed by atoms with van der Waals surface area (Å²) in [6.07, 6.45) is 5.96. The van der Waals surface area contributed by atoms with E-state index in [1.165, 1.54) is 4.70 Å². The van der Waals surface area contributed by atoms with Crippen molar-refractivity contribution in [3.05, 3.63) is 53.2 Å². The van der Waals surface area contributed by atoms with Gasteiger partial charge in [-0.3, -0.25) is 9.48 Å². The molecule has 4 nitrogen and oxygen atoms in total. The third-order valence-corrected chi connectivity index (χ3v) is 5.36. The highest BCUT2D eigenvalue weighted by Crippen LogP contribution is 2.35. The SMILES string of the molecule is Cn1cc([C@H]2CCCN2C(=O)c2cc3ccccc3s2)cn1. The summed E-state index contributed by atoms with van der Waals surface area (Å²) in [5.74, 6) is 0.146. The van der Waals surface area contributed by atoms with Crippen LogP contribution < -0.4 is 0 Å². The van der Waals surface area contributed by atoms with Gasteiger partial charge in [-0.25, -0.2) is 0 Å². The van der Waals surface area contributed by atoms with Crippen molar-refractivity contribution in [2.24, 2.45) is 7.05 Å². The highest BCUT2D eigenvalue weighted by molar-refractivity contribution is 7.20. The van der Waals surface area contributed by atoms with Crippen molar-refractivity contribution in [1.29, 1.82) is 0 Å². The molecule has 2 aromatic heterocycles. The normalized spacial score (nSPS) is 18.2. The van der Waals surface area contributed by atoms with E-state index in [0.29, 0.717) is 0 Å². The number of carbonyl (C=O) groups excluding carboxylic acids is 1. The predicted octanol–water partition coefficient (Wildman–Crippen LogP) is 3.61.